The number of para-hydroxylation sites is 1. The van der Waals surface area contributed by atoms with E-state index >= 15 is 0 Å². The minimum absolute atomic E-state index is 0. The summed E-state index contributed by atoms with van der Waals surface area (Å²) >= 11 is 0. The number of allylic oxidation sites excluding steroid dienone is 4. The number of aryl methyl sites for hydroxylation is 4. The van der Waals surface area contributed by atoms with E-state index in [4.69, 9.17) is 57.8 Å². The average Bonchev–Trinajstić information content (AvgIpc) is 1.61. The van der Waals surface area contributed by atoms with Gasteiger partial charge in [-0.05, 0) is 148 Å². The summed E-state index contributed by atoms with van der Waals surface area (Å²) in [5, 5.41) is 1.95. The SMILES string of the molecule is CCCCCCC1=C(C)c2nc1cc1[n-]c(c(C)c1CCCCCC)c1c3nc(cc4[n-]c(c(C)c4CCCCCC)c2-c2ccc(cc2)OCCOCCOCCOc2cccc4c(cccc24)OCCOCCOCCOc2ccccc2-1)C(CCCCCC)=C3C.[Zn+2]. The van der Waals surface area contributed by atoms with Gasteiger partial charge in [0.15, 0.2) is 0 Å². The Hall–Kier alpha value is -6.60. The van der Waals surface area contributed by atoms with Crippen LogP contribution < -0.4 is 28.9 Å². The minimum atomic E-state index is 0. The Labute approximate surface area is 579 Å². The summed E-state index contributed by atoms with van der Waals surface area (Å²) in [7, 11) is 0. The van der Waals surface area contributed by atoms with E-state index in [-0.39, 0.29) is 19.5 Å². The number of hydrogen-bond acceptors (Lipinski definition) is 10. The van der Waals surface area contributed by atoms with Crippen LogP contribution in [0.3, 0.4) is 0 Å². The molecule has 0 fully saturated rings. The fourth-order valence-electron chi connectivity index (χ4n) is 13.6. The van der Waals surface area contributed by atoms with Gasteiger partial charge in [0.1, 0.15) is 49.4 Å². The average molecular weight is 1340 g/mol. The van der Waals surface area contributed by atoms with Crippen LogP contribution >= 0.6 is 0 Å². The Balaban J connectivity index is 0.0000106. The molecule has 12 rings (SSSR count). The molecule has 0 atom stereocenters. The van der Waals surface area contributed by atoms with E-state index < -0.39 is 0 Å². The van der Waals surface area contributed by atoms with Gasteiger partial charge in [0.25, 0.3) is 0 Å². The number of hydrogen-bond donors (Lipinski definition) is 0. The van der Waals surface area contributed by atoms with Crippen molar-refractivity contribution in [3.8, 4) is 45.3 Å². The Morgan fingerprint density at radius 1 is 0.379 bits per heavy atom. The van der Waals surface area contributed by atoms with E-state index in [1.165, 1.54) is 83.1 Å². The van der Waals surface area contributed by atoms with Crippen LogP contribution in [0, 0.1) is 13.8 Å². The van der Waals surface area contributed by atoms with E-state index in [0.29, 0.717) is 79.3 Å². The molecule has 5 aliphatic rings. The van der Waals surface area contributed by atoms with Gasteiger partial charge in [-0.1, -0.05) is 194 Å². The fraction of sp³-hybridized carbons (Fsp3) is 0.488. The molecule has 95 heavy (non-hydrogen) atoms. The summed E-state index contributed by atoms with van der Waals surface area (Å²) in [5.41, 5.74) is 21.7. The quantitative estimate of drug-likeness (QED) is 0.0532. The zero-order valence-corrected chi connectivity index (χ0v) is 61.6. The van der Waals surface area contributed by atoms with Crippen molar-refractivity contribution in [1.29, 1.82) is 0 Å². The van der Waals surface area contributed by atoms with Gasteiger partial charge in [-0.25, -0.2) is 9.97 Å². The first kappa shape index (κ1) is 72.7. The molecule has 16 bridgehead atoms. The fourth-order valence-corrected chi connectivity index (χ4v) is 13.6. The van der Waals surface area contributed by atoms with Gasteiger partial charge in [0.2, 0.25) is 0 Å². The molecular formula is C82H104N4O8Zn. The molecule has 0 radical (unpaired) electrons. The van der Waals surface area contributed by atoms with E-state index in [2.05, 4.69) is 128 Å². The molecule has 0 saturated carbocycles. The normalized spacial score (nSPS) is 14.9. The number of benzene rings is 4. The third kappa shape index (κ3) is 18.7. The van der Waals surface area contributed by atoms with Crippen molar-refractivity contribution >= 4 is 55.1 Å². The molecule has 0 spiro atoms. The summed E-state index contributed by atoms with van der Waals surface area (Å²) in [6.45, 7) is 23.3. The predicted molar refractivity (Wildman–Crippen MR) is 387 cm³/mol. The second kappa shape index (κ2) is 37.8. The first-order valence-electron chi connectivity index (χ1n) is 35.9. The molecule has 502 valence electrons. The maximum absolute atomic E-state index is 6.87. The van der Waals surface area contributed by atoms with E-state index in [9.17, 15) is 0 Å². The number of ether oxygens (including phenoxy) is 8. The maximum atomic E-state index is 6.87. The van der Waals surface area contributed by atoms with Gasteiger partial charge in [0.05, 0.1) is 75.6 Å². The summed E-state index contributed by atoms with van der Waals surface area (Å²) in [4.78, 5) is 23.6. The molecule has 4 aromatic carbocycles. The molecule has 5 aliphatic heterocycles. The van der Waals surface area contributed by atoms with Crippen LogP contribution in [0.1, 0.15) is 202 Å². The third-order valence-corrected chi connectivity index (χ3v) is 18.9. The number of unbranched alkanes of at least 4 members (excludes halogenated alkanes) is 12. The van der Waals surface area contributed by atoms with Crippen LogP contribution in [0.15, 0.2) is 97.1 Å². The number of aromatic nitrogens is 4. The molecule has 12 nitrogen and oxygen atoms in total. The van der Waals surface area contributed by atoms with E-state index in [0.717, 1.165) is 191 Å². The Morgan fingerprint density at radius 2 is 0.768 bits per heavy atom. The molecule has 7 aromatic rings. The standard InChI is InChI=1S/C82H104N4O8.Zn/c1-9-13-17-21-29-63-57(5)79-77-61-39-41-62(42-40-61)91-51-47-87-43-44-88-48-52-92-74-37-27-35-68-67(74)34-28-38-75(68)93-53-49-89-45-46-90-50-54-94-76-36-26-25-33-69(76)78(81-59(7)65(31-23-19-15-11-3)72(85-81)55-70(63)83-79)82-60(8)66(32-24-20-16-12-4)73(86-82)56-71-64(30-22-18-14-10-2)58(6)80(77)84-71;/h25-28,33-42,55-56H,9-24,29-32,43-54H2,1-8H3;/q-2;+2. The second-order valence-corrected chi connectivity index (χ2v) is 25.5. The Bertz CT molecular complexity index is 3840. The monoisotopic (exact) mass is 1340 g/mol. The van der Waals surface area contributed by atoms with Crippen molar-refractivity contribution in [1.82, 2.24) is 19.9 Å². The maximum Gasteiger partial charge on any atom is 2.00 e. The van der Waals surface area contributed by atoms with Crippen molar-refractivity contribution in [2.75, 3.05) is 79.3 Å². The van der Waals surface area contributed by atoms with Gasteiger partial charge in [-0.15, -0.1) is 22.1 Å². The molecule has 0 unspecified atom stereocenters. The van der Waals surface area contributed by atoms with Crippen molar-refractivity contribution in [3.05, 3.63) is 142 Å². The smallest absolute Gasteiger partial charge is 0.657 e. The minimum Gasteiger partial charge on any atom is -0.657 e. The van der Waals surface area contributed by atoms with Crippen molar-refractivity contribution < 1.29 is 57.4 Å². The summed E-state index contributed by atoms with van der Waals surface area (Å²) < 4.78 is 49.9. The number of rotatable bonds is 20. The molecule has 0 aliphatic carbocycles. The molecule has 0 amide bonds. The zero-order chi connectivity index (χ0) is 65.4. The van der Waals surface area contributed by atoms with Crippen LogP contribution in [0.4, 0.5) is 0 Å². The molecule has 0 N–H and O–H groups in total. The van der Waals surface area contributed by atoms with E-state index in [1.54, 1.807) is 0 Å². The zero-order valence-electron chi connectivity index (χ0n) is 58.6. The van der Waals surface area contributed by atoms with Crippen molar-refractivity contribution in [2.24, 2.45) is 0 Å². The number of nitrogens with zero attached hydrogens (tertiary/aromatic N) is 4. The summed E-state index contributed by atoms with van der Waals surface area (Å²) in [6, 6.07) is 33.8. The van der Waals surface area contributed by atoms with E-state index in [1.807, 2.05) is 24.3 Å². The van der Waals surface area contributed by atoms with Gasteiger partial charge in [-0.3, -0.25) is 0 Å². The van der Waals surface area contributed by atoms with Crippen LogP contribution in [0.2, 0.25) is 0 Å². The Morgan fingerprint density at radius 3 is 1.23 bits per heavy atom. The molecule has 0 saturated heterocycles. The summed E-state index contributed by atoms with van der Waals surface area (Å²) in [5.74, 6) is 3.09. The Kier molecular flexibility index (Phi) is 28.9. The largest absolute Gasteiger partial charge is 2.00 e. The third-order valence-electron chi connectivity index (χ3n) is 18.9. The molecule has 3 aromatic heterocycles. The topological polar surface area (TPSA) is 128 Å². The van der Waals surface area contributed by atoms with Crippen molar-refractivity contribution in [3.63, 3.8) is 0 Å². The first-order valence-corrected chi connectivity index (χ1v) is 35.9. The summed E-state index contributed by atoms with van der Waals surface area (Å²) in [6.07, 6.45) is 22.0. The number of fused-ring (bicyclic) bond motifs is 1. The second-order valence-electron chi connectivity index (χ2n) is 25.5. The van der Waals surface area contributed by atoms with Crippen LogP contribution in [-0.4, -0.2) is 89.3 Å². The van der Waals surface area contributed by atoms with Gasteiger partial charge >= 0.3 is 19.5 Å². The molecular weight excluding hydrogens is 1230 g/mol. The van der Waals surface area contributed by atoms with Gasteiger partial charge < -0.3 is 47.9 Å². The van der Waals surface area contributed by atoms with Crippen molar-refractivity contribution in [2.45, 2.75) is 184 Å². The molecule has 8 heterocycles. The van der Waals surface area contributed by atoms with Crippen LogP contribution in [0.25, 0.3) is 77.4 Å². The van der Waals surface area contributed by atoms with Crippen LogP contribution in [-0.2, 0) is 51.3 Å². The van der Waals surface area contributed by atoms with Gasteiger partial charge in [0, 0.05) is 16.3 Å². The van der Waals surface area contributed by atoms with Gasteiger partial charge in [-0.2, -0.15) is 0 Å². The van der Waals surface area contributed by atoms with Crippen LogP contribution in [0.5, 0.6) is 23.0 Å². The predicted octanol–water partition coefficient (Wildman–Crippen LogP) is 20.0. The first-order chi connectivity index (χ1) is 46.2. The molecule has 13 heteroatoms.